The standard InChI is InChI=1S/C25H26FN9O3/c1-14(31-25(37)38)20(10-16-6-4-3-5-7-16)33-24-19(26)12-18(22(27)36)23(34-24)32-17-11-21(15(2)28-13-17)35-29-8-9-30-35/h3-9,11-14,20,31H,10H2,1-2H3,(H2,27,36)(H,37,38)(H2,32,33,34)/t14-,20+/m0/s1. The smallest absolute Gasteiger partial charge is 0.404 e. The Hall–Kier alpha value is -5.07. The van der Waals surface area contributed by atoms with Crippen LogP contribution >= 0.6 is 0 Å². The van der Waals surface area contributed by atoms with Crippen LogP contribution in [0.5, 0.6) is 0 Å². The van der Waals surface area contributed by atoms with Crippen LogP contribution in [0.1, 0.15) is 28.5 Å². The minimum Gasteiger partial charge on any atom is -0.465 e. The van der Waals surface area contributed by atoms with E-state index in [1.54, 1.807) is 19.9 Å². The van der Waals surface area contributed by atoms with Gasteiger partial charge in [-0.1, -0.05) is 30.3 Å². The second-order valence-electron chi connectivity index (χ2n) is 8.53. The van der Waals surface area contributed by atoms with Crippen LogP contribution in [0.3, 0.4) is 0 Å². The number of pyridine rings is 2. The number of hydrogen-bond acceptors (Lipinski definition) is 8. The number of carbonyl (C=O) groups is 2. The summed E-state index contributed by atoms with van der Waals surface area (Å²) >= 11 is 0. The highest BCUT2D eigenvalue weighted by Gasteiger charge is 2.24. The molecule has 0 aliphatic rings. The highest BCUT2D eigenvalue weighted by molar-refractivity contribution is 5.98. The molecule has 6 N–H and O–H groups in total. The largest absolute Gasteiger partial charge is 0.465 e. The van der Waals surface area contributed by atoms with Gasteiger partial charge in [-0.15, -0.1) is 4.80 Å². The topological polar surface area (TPSA) is 173 Å². The number of aromatic nitrogens is 5. The Morgan fingerprint density at radius 1 is 1.13 bits per heavy atom. The zero-order valence-electron chi connectivity index (χ0n) is 20.6. The van der Waals surface area contributed by atoms with Gasteiger partial charge in [0.05, 0.1) is 41.6 Å². The number of carbonyl (C=O) groups excluding carboxylic acids is 1. The third-order valence-electron chi connectivity index (χ3n) is 5.77. The van der Waals surface area contributed by atoms with Gasteiger partial charge in [-0.05, 0) is 38.0 Å². The van der Waals surface area contributed by atoms with E-state index in [1.165, 1.54) is 23.4 Å². The summed E-state index contributed by atoms with van der Waals surface area (Å²) in [7, 11) is 0. The van der Waals surface area contributed by atoms with E-state index in [2.05, 4.69) is 36.1 Å². The predicted octanol–water partition coefficient (Wildman–Crippen LogP) is 3.03. The van der Waals surface area contributed by atoms with Crippen molar-refractivity contribution >= 4 is 29.3 Å². The fraction of sp³-hybridized carbons (Fsp3) is 0.200. The maximum Gasteiger partial charge on any atom is 0.404 e. The molecule has 3 aromatic heterocycles. The fourth-order valence-corrected chi connectivity index (χ4v) is 3.83. The molecule has 38 heavy (non-hydrogen) atoms. The first-order valence-corrected chi connectivity index (χ1v) is 11.6. The number of hydrogen-bond donors (Lipinski definition) is 5. The lowest BCUT2D eigenvalue weighted by Crippen LogP contribution is -2.45. The molecule has 4 rings (SSSR count). The normalized spacial score (nSPS) is 12.4. The lowest BCUT2D eigenvalue weighted by atomic mass is 10.0. The van der Waals surface area contributed by atoms with Crippen LogP contribution in [0.25, 0.3) is 5.69 Å². The van der Waals surface area contributed by atoms with E-state index < -0.39 is 29.9 Å². The minimum atomic E-state index is -1.22. The molecule has 0 saturated carbocycles. The first-order chi connectivity index (χ1) is 18.2. The number of anilines is 3. The lowest BCUT2D eigenvalue weighted by molar-refractivity contribution is 0.1000. The zero-order valence-corrected chi connectivity index (χ0v) is 20.6. The van der Waals surface area contributed by atoms with E-state index in [4.69, 9.17) is 5.73 Å². The predicted molar refractivity (Wildman–Crippen MR) is 138 cm³/mol. The molecular formula is C25H26FN9O3. The number of nitrogens with two attached hydrogens (primary N) is 1. The van der Waals surface area contributed by atoms with Crippen LogP contribution in [0.2, 0.25) is 0 Å². The van der Waals surface area contributed by atoms with Crippen LogP contribution < -0.4 is 21.7 Å². The van der Waals surface area contributed by atoms with Crippen LogP contribution in [0.4, 0.5) is 26.5 Å². The number of rotatable bonds is 10. The first kappa shape index (κ1) is 26.0. The summed E-state index contributed by atoms with van der Waals surface area (Å²) in [5.41, 5.74) is 7.89. The molecule has 0 saturated heterocycles. The summed E-state index contributed by atoms with van der Waals surface area (Å²) < 4.78 is 15.1. The van der Waals surface area contributed by atoms with Gasteiger partial charge in [-0.3, -0.25) is 9.78 Å². The minimum absolute atomic E-state index is 0.0104. The number of aryl methyl sites for hydroxylation is 1. The van der Waals surface area contributed by atoms with E-state index in [9.17, 15) is 14.7 Å². The highest BCUT2D eigenvalue weighted by Crippen LogP contribution is 2.26. The third-order valence-corrected chi connectivity index (χ3v) is 5.77. The van der Waals surface area contributed by atoms with E-state index in [0.29, 0.717) is 23.5 Å². The molecule has 4 aromatic rings. The van der Waals surface area contributed by atoms with Gasteiger partial charge in [-0.2, -0.15) is 10.2 Å². The quantitative estimate of drug-likeness (QED) is 0.211. The molecule has 0 spiro atoms. The molecule has 196 valence electrons. The Kier molecular flexibility index (Phi) is 7.75. The van der Waals surface area contributed by atoms with Crippen molar-refractivity contribution in [3.63, 3.8) is 0 Å². The Morgan fingerprint density at radius 2 is 1.84 bits per heavy atom. The number of carboxylic acid groups (broad SMARTS) is 1. The summed E-state index contributed by atoms with van der Waals surface area (Å²) in [6.45, 7) is 3.45. The van der Waals surface area contributed by atoms with Gasteiger partial charge in [0.2, 0.25) is 0 Å². The molecule has 0 bridgehead atoms. The molecule has 0 unspecified atom stereocenters. The monoisotopic (exact) mass is 519 g/mol. The second-order valence-corrected chi connectivity index (χ2v) is 8.53. The molecule has 12 nitrogen and oxygen atoms in total. The molecule has 0 radical (unpaired) electrons. The summed E-state index contributed by atoms with van der Waals surface area (Å²) in [4.78, 5) is 33.4. The number of nitrogens with zero attached hydrogens (tertiary/aromatic N) is 5. The van der Waals surface area contributed by atoms with Crippen molar-refractivity contribution in [3.05, 3.63) is 83.7 Å². The lowest BCUT2D eigenvalue weighted by Gasteiger charge is -2.26. The molecule has 2 amide bonds. The second kappa shape index (κ2) is 11.3. The van der Waals surface area contributed by atoms with Crippen molar-refractivity contribution in [1.82, 2.24) is 30.3 Å². The maximum absolute atomic E-state index is 15.1. The maximum atomic E-state index is 15.1. The summed E-state index contributed by atoms with van der Waals surface area (Å²) in [6.07, 6.45) is 3.72. The molecule has 13 heteroatoms. The van der Waals surface area contributed by atoms with Crippen molar-refractivity contribution < 1.29 is 19.1 Å². The van der Waals surface area contributed by atoms with Crippen LogP contribution in [-0.2, 0) is 6.42 Å². The Balaban J connectivity index is 1.68. The first-order valence-electron chi connectivity index (χ1n) is 11.6. The van der Waals surface area contributed by atoms with Gasteiger partial charge in [0.1, 0.15) is 11.5 Å². The average Bonchev–Trinajstić information content (AvgIpc) is 3.41. The van der Waals surface area contributed by atoms with E-state index in [1.807, 2.05) is 30.3 Å². The zero-order chi connectivity index (χ0) is 27.2. The van der Waals surface area contributed by atoms with Crippen LogP contribution in [-0.4, -0.2) is 54.2 Å². The van der Waals surface area contributed by atoms with Gasteiger partial charge in [0.15, 0.2) is 11.6 Å². The van der Waals surface area contributed by atoms with Gasteiger partial charge >= 0.3 is 6.09 Å². The van der Waals surface area contributed by atoms with Crippen molar-refractivity contribution in [1.29, 1.82) is 0 Å². The third kappa shape index (κ3) is 6.19. The number of primary amides is 1. The summed E-state index contributed by atoms with van der Waals surface area (Å²) in [5.74, 6) is -1.91. The number of amides is 2. The number of benzene rings is 1. The Labute approximate surface area is 217 Å². The van der Waals surface area contributed by atoms with E-state index in [0.717, 1.165) is 11.6 Å². The molecule has 3 heterocycles. The number of halogens is 1. The highest BCUT2D eigenvalue weighted by atomic mass is 19.1. The summed E-state index contributed by atoms with van der Waals surface area (Å²) in [6, 6.07) is 10.8. The average molecular weight is 520 g/mol. The molecule has 0 fully saturated rings. The van der Waals surface area contributed by atoms with Crippen molar-refractivity contribution in [2.75, 3.05) is 10.6 Å². The number of nitrogens with one attached hydrogen (secondary N) is 3. The van der Waals surface area contributed by atoms with Crippen molar-refractivity contribution in [2.24, 2.45) is 5.73 Å². The molecule has 0 aliphatic carbocycles. The van der Waals surface area contributed by atoms with Crippen LogP contribution in [0, 0.1) is 12.7 Å². The molecule has 2 atom stereocenters. The van der Waals surface area contributed by atoms with Gasteiger partial charge in [-0.25, -0.2) is 14.2 Å². The van der Waals surface area contributed by atoms with Gasteiger partial charge < -0.3 is 26.8 Å². The molecule has 1 aromatic carbocycles. The fourth-order valence-electron chi connectivity index (χ4n) is 3.83. The van der Waals surface area contributed by atoms with Gasteiger partial charge in [0.25, 0.3) is 5.91 Å². The Bertz CT molecular complexity index is 1430. The SMILES string of the molecule is Cc1ncc(Nc2nc(N[C@H](Cc3ccccc3)[C@H](C)NC(=O)O)c(F)cc2C(N)=O)cc1-n1nccn1. The van der Waals surface area contributed by atoms with E-state index >= 15 is 4.39 Å². The van der Waals surface area contributed by atoms with E-state index in [-0.39, 0.29) is 17.2 Å². The molecule has 0 aliphatic heterocycles. The molecular weight excluding hydrogens is 493 g/mol. The van der Waals surface area contributed by atoms with Gasteiger partial charge in [0, 0.05) is 6.04 Å². The Morgan fingerprint density at radius 3 is 2.50 bits per heavy atom. The van der Waals surface area contributed by atoms with Crippen molar-refractivity contribution in [3.8, 4) is 5.69 Å². The summed E-state index contributed by atoms with van der Waals surface area (Å²) in [5, 5.41) is 25.8. The van der Waals surface area contributed by atoms with Crippen molar-refractivity contribution in [2.45, 2.75) is 32.4 Å². The van der Waals surface area contributed by atoms with Crippen LogP contribution in [0.15, 0.2) is 61.1 Å².